The first-order valence-electron chi connectivity index (χ1n) is 7.91. The lowest BCUT2D eigenvalue weighted by Gasteiger charge is -2.23. The minimum atomic E-state index is -4.46. The van der Waals surface area contributed by atoms with E-state index in [-0.39, 0.29) is 35.3 Å². The fourth-order valence-electron chi connectivity index (χ4n) is 4.43. The van der Waals surface area contributed by atoms with Crippen LogP contribution in [0.3, 0.4) is 0 Å². The minimum absolute atomic E-state index is 0.0748. The Balaban J connectivity index is 1.52. The third kappa shape index (κ3) is 2.39. The molecule has 3 aliphatic rings. The maximum atomic E-state index is 13.0. The van der Waals surface area contributed by atoms with Crippen LogP contribution in [-0.2, 0) is 14.3 Å². The van der Waals surface area contributed by atoms with Gasteiger partial charge in [0.15, 0.2) is 11.8 Å². The zero-order chi connectivity index (χ0) is 17.9. The largest absolute Gasteiger partial charge is 0.541 e. The van der Waals surface area contributed by atoms with Crippen molar-refractivity contribution in [2.75, 3.05) is 0 Å². The average molecular weight is 351 g/mol. The quantitative estimate of drug-likeness (QED) is 0.575. The first-order valence-corrected chi connectivity index (χ1v) is 7.91. The Labute approximate surface area is 140 Å². The molecule has 25 heavy (non-hydrogen) atoms. The number of Topliss-reactive ketones (excluding diaryl/α,β-unsaturated/α-hetero) is 1. The van der Waals surface area contributed by atoms with Crippen LogP contribution in [0.15, 0.2) is 24.3 Å². The molecule has 1 aliphatic heterocycles. The average Bonchev–Trinajstić information content (AvgIpc) is 3.16. The van der Waals surface area contributed by atoms with Crippen molar-refractivity contribution in [2.45, 2.75) is 25.1 Å². The van der Waals surface area contributed by atoms with E-state index in [1.165, 1.54) is 12.1 Å². The molecule has 0 radical (unpaired) electrons. The van der Waals surface area contributed by atoms with Gasteiger partial charge in [0.1, 0.15) is 11.9 Å². The van der Waals surface area contributed by atoms with Gasteiger partial charge in [-0.3, -0.25) is 9.59 Å². The lowest BCUT2D eigenvalue weighted by molar-refractivity contribution is -0.350. The number of hydrogen-bond donors (Lipinski definition) is 0. The number of benzene rings is 1. The van der Waals surface area contributed by atoms with Gasteiger partial charge >= 0.3 is 12.1 Å². The molecule has 132 valence electrons. The summed E-state index contributed by atoms with van der Waals surface area (Å²) in [5.41, 5.74) is 0.262. The van der Waals surface area contributed by atoms with Crippen molar-refractivity contribution in [1.29, 1.82) is 0 Å². The third-order valence-electron chi connectivity index (χ3n) is 5.41. The highest BCUT2D eigenvalue weighted by molar-refractivity contribution is 6.01. The summed E-state index contributed by atoms with van der Waals surface area (Å²) in [6.07, 6.45) is -3.06. The maximum absolute atomic E-state index is 13.0. The lowest BCUT2D eigenvalue weighted by atomic mass is 9.76. The Morgan fingerprint density at radius 1 is 1.20 bits per heavy atom. The molecule has 0 N–H and O–H groups in total. The van der Waals surface area contributed by atoms with Gasteiger partial charge in [0, 0.05) is 17.4 Å². The number of hydrogen-bond acceptors (Lipinski definition) is 6. The molecule has 2 saturated carbocycles. The van der Waals surface area contributed by atoms with Gasteiger partial charge in [0.25, 0.3) is 0 Å². The van der Waals surface area contributed by atoms with Gasteiger partial charge in [-0.1, -0.05) is 0 Å². The van der Waals surface area contributed by atoms with E-state index in [2.05, 4.69) is 4.74 Å². The summed E-state index contributed by atoms with van der Waals surface area (Å²) < 4.78 is 35.3. The van der Waals surface area contributed by atoms with Crippen LogP contribution in [0.1, 0.15) is 23.2 Å². The van der Waals surface area contributed by atoms with E-state index in [0.717, 1.165) is 18.6 Å². The molecular formula is C17H13F2O6-. The number of ether oxygens (including phenoxy) is 2. The standard InChI is InChI=1S/C17H14F2O6/c18-17(19,16(22)23)25-9-3-1-7(2-4-9)14(20)12-8-5-10-11(6-8)24-15(21)13(10)12/h1-4,8,10-13H,5-6H2,(H,22,23)/p-1. The molecule has 1 aromatic carbocycles. The highest BCUT2D eigenvalue weighted by Crippen LogP contribution is 2.58. The Morgan fingerprint density at radius 3 is 2.52 bits per heavy atom. The summed E-state index contributed by atoms with van der Waals surface area (Å²) in [5.74, 6) is -4.30. The van der Waals surface area contributed by atoms with E-state index in [1.807, 2.05) is 0 Å². The van der Waals surface area contributed by atoms with E-state index in [4.69, 9.17) is 4.74 Å². The zero-order valence-corrected chi connectivity index (χ0v) is 12.8. The second-order valence-electron chi connectivity index (χ2n) is 6.72. The highest BCUT2D eigenvalue weighted by atomic mass is 19.3. The first-order chi connectivity index (χ1) is 11.8. The number of carboxylic acid groups (broad SMARTS) is 1. The lowest BCUT2D eigenvalue weighted by Crippen LogP contribution is -2.45. The van der Waals surface area contributed by atoms with Crippen molar-refractivity contribution >= 4 is 17.7 Å². The molecule has 4 rings (SSSR count). The number of carbonyl (C=O) groups excluding carboxylic acids is 3. The topological polar surface area (TPSA) is 92.7 Å². The van der Waals surface area contributed by atoms with E-state index >= 15 is 0 Å². The smallest absolute Gasteiger partial charge is 0.441 e. The van der Waals surface area contributed by atoms with Crippen LogP contribution in [0, 0.1) is 23.7 Å². The molecular weight excluding hydrogens is 338 g/mol. The molecule has 0 spiro atoms. The summed E-state index contributed by atoms with van der Waals surface area (Å²) in [5, 5.41) is 10.3. The molecule has 6 nitrogen and oxygen atoms in total. The Morgan fingerprint density at radius 2 is 1.88 bits per heavy atom. The molecule has 2 aliphatic carbocycles. The molecule has 2 bridgehead atoms. The van der Waals surface area contributed by atoms with Gasteiger partial charge in [-0.2, -0.15) is 8.78 Å². The number of fused-ring (bicyclic) bond motifs is 1. The SMILES string of the molecule is O=C(c1ccc(OC(F)(F)C(=O)[O-])cc1)C1C2CC3OC(=O)C1C3C2. The van der Waals surface area contributed by atoms with Crippen molar-refractivity contribution in [2.24, 2.45) is 23.7 Å². The number of carbonyl (C=O) groups is 3. The van der Waals surface area contributed by atoms with Gasteiger partial charge in [-0.05, 0) is 43.0 Å². The normalized spacial score (nSPS) is 32.6. The summed E-state index contributed by atoms with van der Waals surface area (Å²) >= 11 is 0. The minimum Gasteiger partial charge on any atom is -0.541 e. The Kier molecular flexibility index (Phi) is 3.35. The van der Waals surface area contributed by atoms with Gasteiger partial charge in [0.2, 0.25) is 0 Å². The number of halogens is 2. The van der Waals surface area contributed by atoms with Crippen LogP contribution in [-0.4, -0.2) is 29.9 Å². The fraction of sp³-hybridized carbons (Fsp3) is 0.471. The molecule has 1 aromatic rings. The van der Waals surface area contributed by atoms with Gasteiger partial charge in [0.05, 0.1) is 5.92 Å². The highest BCUT2D eigenvalue weighted by Gasteiger charge is 2.63. The molecule has 8 heteroatoms. The van der Waals surface area contributed by atoms with Crippen LogP contribution in [0.5, 0.6) is 5.75 Å². The molecule has 1 heterocycles. The number of alkyl halides is 2. The molecule has 5 unspecified atom stereocenters. The Hall–Kier alpha value is -2.51. The van der Waals surface area contributed by atoms with Crippen molar-refractivity contribution in [3.8, 4) is 5.75 Å². The number of esters is 1. The van der Waals surface area contributed by atoms with E-state index < -0.39 is 29.7 Å². The third-order valence-corrected chi connectivity index (χ3v) is 5.41. The summed E-state index contributed by atoms with van der Waals surface area (Å²) in [6.45, 7) is 0. The summed E-state index contributed by atoms with van der Waals surface area (Å²) in [6, 6.07) is 4.75. The Bertz CT molecular complexity index is 757. The van der Waals surface area contributed by atoms with Crippen LogP contribution in [0.2, 0.25) is 0 Å². The number of rotatable bonds is 5. The van der Waals surface area contributed by atoms with Crippen LogP contribution < -0.4 is 9.84 Å². The van der Waals surface area contributed by atoms with Gasteiger partial charge in [-0.15, -0.1) is 0 Å². The fourth-order valence-corrected chi connectivity index (χ4v) is 4.43. The van der Waals surface area contributed by atoms with Crippen molar-refractivity contribution in [3.63, 3.8) is 0 Å². The molecule has 3 fully saturated rings. The predicted octanol–water partition coefficient (Wildman–Crippen LogP) is 0.788. The van der Waals surface area contributed by atoms with E-state index in [0.29, 0.717) is 6.42 Å². The first kappa shape index (κ1) is 16.0. The van der Waals surface area contributed by atoms with Crippen molar-refractivity contribution in [1.82, 2.24) is 0 Å². The molecule has 1 saturated heterocycles. The second-order valence-corrected chi connectivity index (χ2v) is 6.72. The zero-order valence-electron chi connectivity index (χ0n) is 12.8. The summed E-state index contributed by atoms with van der Waals surface area (Å²) in [7, 11) is 0. The number of aliphatic carboxylic acids is 1. The van der Waals surface area contributed by atoms with Crippen molar-refractivity contribution in [3.05, 3.63) is 29.8 Å². The predicted molar refractivity (Wildman–Crippen MR) is 74.4 cm³/mol. The van der Waals surface area contributed by atoms with Gasteiger partial charge < -0.3 is 19.4 Å². The number of ketones is 1. The van der Waals surface area contributed by atoms with Crippen molar-refractivity contribution < 1.29 is 37.7 Å². The number of carboxylic acids is 1. The van der Waals surface area contributed by atoms with Gasteiger partial charge in [-0.25, -0.2) is 0 Å². The second kappa shape index (κ2) is 5.24. The monoisotopic (exact) mass is 351 g/mol. The van der Waals surface area contributed by atoms with Crippen LogP contribution in [0.4, 0.5) is 8.78 Å². The molecule has 0 aromatic heterocycles. The maximum Gasteiger partial charge on any atom is 0.441 e. The van der Waals surface area contributed by atoms with Crippen LogP contribution in [0.25, 0.3) is 0 Å². The van der Waals surface area contributed by atoms with E-state index in [1.54, 1.807) is 0 Å². The molecule has 0 amide bonds. The summed E-state index contributed by atoms with van der Waals surface area (Å²) in [4.78, 5) is 35.0. The van der Waals surface area contributed by atoms with E-state index in [9.17, 15) is 28.3 Å². The molecule has 5 atom stereocenters. The van der Waals surface area contributed by atoms with Crippen LogP contribution >= 0.6 is 0 Å².